The smallest absolute Gasteiger partial charge is 0.146 e. The Morgan fingerprint density at radius 1 is 1.86 bits per heavy atom. The van der Waals surface area contributed by atoms with Crippen molar-refractivity contribution in [2.24, 2.45) is 0 Å². The lowest BCUT2D eigenvalue weighted by molar-refractivity contribution is -0.249. The summed E-state index contributed by atoms with van der Waals surface area (Å²) in [5, 5.41) is 11.2. The molecule has 0 aliphatic rings. The molecule has 0 aromatic heterocycles. The van der Waals surface area contributed by atoms with Crippen LogP contribution in [0, 0.1) is 12.0 Å². The zero-order chi connectivity index (χ0) is 5.70. The van der Waals surface area contributed by atoms with E-state index in [2.05, 4.69) is 12.0 Å². The van der Waals surface area contributed by atoms with Gasteiger partial charge in [0.05, 0.1) is 0 Å². The third-order valence-electron chi connectivity index (χ3n) is 0.290. The second-order valence-electron chi connectivity index (χ2n) is 0.787. The Kier molecular flexibility index (Phi) is 2.53. The van der Waals surface area contributed by atoms with Crippen molar-refractivity contribution < 1.29 is 9.90 Å². The van der Waals surface area contributed by atoms with Gasteiger partial charge in [0.15, 0.2) is 0 Å². The van der Waals surface area contributed by atoms with Crippen molar-refractivity contribution in [1.29, 1.82) is 0 Å². The summed E-state index contributed by atoms with van der Waals surface area (Å²) < 4.78 is 0. The zero-order valence-corrected chi connectivity index (χ0v) is 3.82. The number of nitrogens with one attached hydrogen (secondary N) is 1. The van der Waals surface area contributed by atoms with E-state index in [9.17, 15) is 9.90 Å². The van der Waals surface area contributed by atoms with Crippen molar-refractivity contribution in [3.63, 3.8) is 0 Å². The molecule has 1 N–H and O–H groups in total. The first kappa shape index (κ1) is 5.83. The van der Waals surface area contributed by atoms with E-state index >= 15 is 0 Å². The Labute approximate surface area is 41.3 Å². The monoisotopic (exact) mass is 98.0 g/mol. The largest absolute Gasteiger partial charge is 0.529 e. The summed E-state index contributed by atoms with van der Waals surface area (Å²) in [4.78, 5) is 9.43. The summed E-state index contributed by atoms with van der Waals surface area (Å²) in [6.45, 7) is 1.52. The van der Waals surface area contributed by atoms with Gasteiger partial charge in [-0.25, -0.2) is 0 Å². The fourth-order valence-corrected chi connectivity index (χ4v) is 0.114. The molecule has 0 saturated heterocycles. The molecule has 1 amide bonds. The number of amides is 1. The average Bonchev–Trinajstić information content (AvgIpc) is 1.61. The van der Waals surface area contributed by atoms with Gasteiger partial charge in [-0.05, 0) is 6.92 Å². The number of hydrogen-bond acceptors (Lipinski definition) is 2. The SMILES string of the molecule is CC#CNC(=O)[O-]. The molecule has 0 heterocycles. The standard InChI is InChI=1S/C4H5NO2/c1-2-3-5-4(6)7/h5H,1H3,(H,6,7)/p-1. The van der Waals surface area contributed by atoms with Crippen LogP contribution in [0.3, 0.4) is 0 Å². The van der Waals surface area contributed by atoms with Crippen LogP contribution in [0.1, 0.15) is 6.92 Å². The maximum absolute atomic E-state index is 9.43. The van der Waals surface area contributed by atoms with E-state index in [1.165, 1.54) is 6.92 Å². The molecule has 7 heavy (non-hydrogen) atoms. The predicted molar refractivity (Wildman–Crippen MR) is 22.0 cm³/mol. The van der Waals surface area contributed by atoms with Crippen LogP contribution in [-0.4, -0.2) is 6.09 Å². The summed E-state index contributed by atoms with van der Waals surface area (Å²) in [6, 6.07) is 2.09. The summed E-state index contributed by atoms with van der Waals surface area (Å²) in [7, 11) is 0. The maximum Gasteiger partial charge on any atom is 0.146 e. The molecule has 0 rings (SSSR count). The Morgan fingerprint density at radius 3 is 2.57 bits per heavy atom. The van der Waals surface area contributed by atoms with Crippen molar-refractivity contribution in [2.75, 3.05) is 0 Å². The lowest BCUT2D eigenvalue weighted by Crippen LogP contribution is -2.32. The molecule has 0 bridgehead atoms. The Morgan fingerprint density at radius 2 is 2.43 bits per heavy atom. The summed E-state index contributed by atoms with van der Waals surface area (Å²) in [5.74, 6) is 2.32. The van der Waals surface area contributed by atoms with Crippen LogP contribution in [0.4, 0.5) is 4.79 Å². The van der Waals surface area contributed by atoms with Gasteiger partial charge in [-0.15, -0.1) is 0 Å². The predicted octanol–water partition coefficient (Wildman–Crippen LogP) is -1.10. The highest BCUT2D eigenvalue weighted by molar-refractivity contribution is 5.64. The second kappa shape index (κ2) is 3.04. The summed E-state index contributed by atoms with van der Waals surface area (Å²) in [5.41, 5.74) is 0. The molecule has 0 fully saturated rings. The number of carbonyl (C=O) groups is 1. The van der Waals surface area contributed by atoms with Gasteiger partial charge in [-0.1, -0.05) is 5.92 Å². The molecule has 0 saturated carbocycles. The van der Waals surface area contributed by atoms with E-state index in [0.717, 1.165) is 0 Å². The molecule has 0 aliphatic carbocycles. The van der Waals surface area contributed by atoms with Gasteiger partial charge in [-0.2, -0.15) is 0 Å². The minimum atomic E-state index is -1.37. The van der Waals surface area contributed by atoms with Crippen LogP contribution < -0.4 is 10.4 Å². The van der Waals surface area contributed by atoms with E-state index < -0.39 is 6.09 Å². The van der Waals surface area contributed by atoms with E-state index in [1.807, 2.05) is 0 Å². The molecular formula is C4H4NO2-. The second-order valence-corrected chi connectivity index (χ2v) is 0.787. The quantitative estimate of drug-likeness (QED) is 0.309. The molecule has 0 atom stereocenters. The molecule has 3 heteroatoms. The third kappa shape index (κ3) is 4.83. The van der Waals surface area contributed by atoms with E-state index in [1.54, 1.807) is 5.32 Å². The van der Waals surface area contributed by atoms with Crippen LogP contribution in [0.5, 0.6) is 0 Å². The van der Waals surface area contributed by atoms with Crippen LogP contribution in [0.25, 0.3) is 0 Å². The van der Waals surface area contributed by atoms with Crippen LogP contribution in [0.2, 0.25) is 0 Å². The van der Waals surface area contributed by atoms with Crippen molar-refractivity contribution in [1.82, 2.24) is 5.32 Å². The number of rotatable bonds is 0. The fourth-order valence-electron chi connectivity index (χ4n) is 0.114. The summed E-state index contributed by atoms with van der Waals surface area (Å²) in [6.07, 6.45) is -1.37. The zero-order valence-electron chi connectivity index (χ0n) is 3.82. The normalized spacial score (nSPS) is 5.86. The molecule has 0 unspecified atom stereocenters. The van der Waals surface area contributed by atoms with Gasteiger partial charge >= 0.3 is 0 Å². The molecule has 38 valence electrons. The molecule has 0 aromatic carbocycles. The first-order chi connectivity index (χ1) is 3.27. The molecule has 0 spiro atoms. The van der Waals surface area contributed by atoms with Gasteiger partial charge in [0.2, 0.25) is 0 Å². The Bertz CT molecular complexity index is 119. The van der Waals surface area contributed by atoms with Crippen molar-refractivity contribution >= 4 is 6.09 Å². The van der Waals surface area contributed by atoms with E-state index in [4.69, 9.17) is 0 Å². The highest BCUT2D eigenvalue weighted by Crippen LogP contribution is 1.46. The lowest BCUT2D eigenvalue weighted by Gasteiger charge is -1.92. The van der Waals surface area contributed by atoms with Gasteiger partial charge in [-0.3, -0.25) is 0 Å². The molecule has 0 radical (unpaired) electrons. The van der Waals surface area contributed by atoms with Gasteiger partial charge in [0.1, 0.15) is 6.09 Å². The fraction of sp³-hybridized carbons (Fsp3) is 0.250. The highest BCUT2D eigenvalue weighted by atomic mass is 16.4. The first-order valence-corrected chi connectivity index (χ1v) is 1.66. The van der Waals surface area contributed by atoms with E-state index in [-0.39, 0.29) is 0 Å². The van der Waals surface area contributed by atoms with Crippen LogP contribution in [-0.2, 0) is 0 Å². The Balaban J connectivity index is 3.26. The molecule has 3 nitrogen and oxygen atoms in total. The van der Waals surface area contributed by atoms with Gasteiger partial charge < -0.3 is 15.2 Å². The lowest BCUT2D eigenvalue weighted by atomic mass is 10.8. The third-order valence-corrected chi connectivity index (χ3v) is 0.290. The average molecular weight is 98.1 g/mol. The molecule has 0 aromatic rings. The van der Waals surface area contributed by atoms with Crippen LogP contribution >= 0.6 is 0 Å². The number of carboxylic acid groups (broad SMARTS) is 1. The number of carbonyl (C=O) groups excluding carboxylic acids is 1. The van der Waals surface area contributed by atoms with E-state index in [0.29, 0.717) is 0 Å². The van der Waals surface area contributed by atoms with Crippen LogP contribution in [0.15, 0.2) is 0 Å². The van der Waals surface area contributed by atoms with Crippen molar-refractivity contribution in [3.05, 3.63) is 0 Å². The van der Waals surface area contributed by atoms with Crippen molar-refractivity contribution in [2.45, 2.75) is 6.92 Å². The first-order valence-electron chi connectivity index (χ1n) is 1.66. The molecule has 0 aliphatic heterocycles. The van der Waals surface area contributed by atoms with Crippen molar-refractivity contribution in [3.8, 4) is 12.0 Å². The van der Waals surface area contributed by atoms with Gasteiger partial charge in [0.25, 0.3) is 0 Å². The maximum atomic E-state index is 9.43. The minimum absolute atomic E-state index is 1.37. The summed E-state index contributed by atoms with van der Waals surface area (Å²) >= 11 is 0. The topological polar surface area (TPSA) is 52.2 Å². The highest BCUT2D eigenvalue weighted by Gasteiger charge is 1.66. The Hall–Kier alpha value is -1.17. The number of hydrogen-bond donors (Lipinski definition) is 1. The van der Waals surface area contributed by atoms with Gasteiger partial charge in [0, 0.05) is 6.04 Å². The minimum Gasteiger partial charge on any atom is -0.529 e. The molecular weight excluding hydrogens is 94.0 g/mol.